The van der Waals surface area contributed by atoms with Gasteiger partial charge in [0.15, 0.2) is 5.79 Å². The Kier molecular flexibility index (Phi) is 5.83. The topological polar surface area (TPSA) is 44.8 Å². The number of hydrogen-bond donors (Lipinski definition) is 0. The first-order valence-electron chi connectivity index (χ1n) is 10.6. The van der Waals surface area contributed by atoms with Crippen molar-refractivity contribution < 1.29 is 18.1 Å². The second kappa shape index (κ2) is 7.99. The van der Waals surface area contributed by atoms with Crippen LogP contribution in [-0.4, -0.2) is 48.1 Å². The number of benzene rings is 2. The first kappa shape index (κ1) is 21.9. The summed E-state index contributed by atoms with van der Waals surface area (Å²) in [7, 11) is -3.69. The van der Waals surface area contributed by atoms with Crippen molar-refractivity contribution in [3.05, 3.63) is 60.7 Å². The maximum atomic E-state index is 12.9. The van der Waals surface area contributed by atoms with Crippen LogP contribution in [0.15, 0.2) is 60.7 Å². The monoisotopic (exact) mass is 444 g/mol. The SMILES string of the molecule is CC1(C)O[C@H]2[C@H](CS(=O)[C@@H]2CO[Si](c2ccccc2)(c2ccccc2)C(C)(C)C)O1. The predicted octanol–water partition coefficient (Wildman–Crippen LogP) is 3.21. The molecule has 2 aliphatic rings. The van der Waals surface area contributed by atoms with Crippen molar-refractivity contribution in [3.63, 3.8) is 0 Å². The molecular weight excluding hydrogens is 412 g/mol. The van der Waals surface area contributed by atoms with Crippen molar-refractivity contribution in [3.8, 4) is 0 Å². The Labute approximate surface area is 183 Å². The van der Waals surface area contributed by atoms with E-state index in [1.165, 1.54) is 10.4 Å². The van der Waals surface area contributed by atoms with Crippen molar-refractivity contribution in [2.45, 2.75) is 62.9 Å². The molecule has 30 heavy (non-hydrogen) atoms. The van der Waals surface area contributed by atoms with Crippen LogP contribution in [0.3, 0.4) is 0 Å². The van der Waals surface area contributed by atoms with Crippen molar-refractivity contribution in [1.82, 2.24) is 0 Å². The summed E-state index contributed by atoms with van der Waals surface area (Å²) >= 11 is 0. The van der Waals surface area contributed by atoms with Crippen molar-refractivity contribution in [2.24, 2.45) is 0 Å². The quantitative estimate of drug-likeness (QED) is 0.665. The molecule has 2 heterocycles. The number of hydrogen-bond acceptors (Lipinski definition) is 4. The summed E-state index contributed by atoms with van der Waals surface area (Å²) in [6, 6.07) is 21.1. The van der Waals surface area contributed by atoms with Gasteiger partial charge in [0.2, 0.25) is 0 Å². The Hall–Kier alpha value is -1.31. The first-order valence-corrected chi connectivity index (χ1v) is 13.9. The lowest BCUT2D eigenvalue weighted by molar-refractivity contribution is -0.146. The average molecular weight is 445 g/mol. The van der Waals surface area contributed by atoms with E-state index < -0.39 is 24.9 Å². The minimum atomic E-state index is -2.66. The molecule has 162 valence electrons. The third-order valence-electron chi connectivity index (χ3n) is 6.14. The minimum Gasteiger partial charge on any atom is -0.406 e. The highest BCUT2D eigenvalue weighted by atomic mass is 32.2. The van der Waals surface area contributed by atoms with E-state index in [1.807, 2.05) is 26.0 Å². The Morgan fingerprint density at radius 2 is 1.53 bits per heavy atom. The second-order valence-corrected chi connectivity index (χ2v) is 15.7. The lowest BCUT2D eigenvalue weighted by Crippen LogP contribution is -2.67. The van der Waals surface area contributed by atoms with Crippen LogP contribution in [0.1, 0.15) is 34.6 Å². The highest BCUT2D eigenvalue weighted by Gasteiger charge is 2.55. The third-order valence-corrected chi connectivity index (χ3v) is 12.9. The summed E-state index contributed by atoms with van der Waals surface area (Å²) in [5.41, 5.74) is 0. The summed E-state index contributed by atoms with van der Waals surface area (Å²) in [4.78, 5) is 0. The Morgan fingerprint density at radius 1 is 1.00 bits per heavy atom. The third kappa shape index (κ3) is 3.84. The molecule has 0 radical (unpaired) electrons. The van der Waals surface area contributed by atoms with Gasteiger partial charge in [-0.1, -0.05) is 81.4 Å². The smallest absolute Gasteiger partial charge is 0.261 e. The molecule has 0 aromatic heterocycles. The normalized spacial score (nSPS) is 28.4. The Morgan fingerprint density at radius 3 is 2.03 bits per heavy atom. The van der Waals surface area contributed by atoms with Crippen LogP contribution < -0.4 is 10.4 Å². The van der Waals surface area contributed by atoms with E-state index in [9.17, 15) is 4.21 Å². The van der Waals surface area contributed by atoms with Crippen LogP contribution >= 0.6 is 0 Å². The number of ether oxygens (including phenoxy) is 2. The predicted molar refractivity (Wildman–Crippen MR) is 124 cm³/mol. The summed E-state index contributed by atoms with van der Waals surface area (Å²) < 4.78 is 32.1. The average Bonchev–Trinajstić information content (AvgIpc) is 3.13. The fourth-order valence-corrected chi connectivity index (χ4v) is 11.2. The summed E-state index contributed by atoms with van der Waals surface area (Å²) in [5.74, 6) is -0.113. The van der Waals surface area contributed by atoms with Gasteiger partial charge in [-0.15, -0.1) is 0 Å². The zero-order valence-corrected chi connectivity index (χ0v) is 20.3. The molecule has 4 rings (SSSR count). The van der Waals surface area contributed by atoms with Gasteiger partial charge < -0.3 is 13.9 Å². The molecular formula is C24H32O4SSi. The van der Waals surface area contributed by atoms with Gasteiger partial charge >= 0.3 is 0 Å². The van der Waals surface area contributed by atoms with Gasteiger partial charge in [0, 0.05) is 10.8 Å². The zero-order valence-electron chi connectivity index (χ0n) is 18.5. The van der Waals surface area contributed by atoms with Gasteiger partial charge in [-0.25, -0.2) is 0 Å². The van der Waals surface area contributed by atoms with Gasteiger partial charge in [-0.05, 0) is 29.3 Å². The van der Waals surface area contributed by atoms with E-state index in [4.69, 9.17) is 13.9 Å². The molecule has 4 nitrogen and oxygen atoms in total. The maximum Gasteiger partial charge on any atom is 0.261 e. The molecule has 0 aliphatic carbocycles. The molecule has 2 aliphatic heterocycles. The molecule has 0 amide bonds. The molecule has 0 spiro atoms. The maximum absolute atomic E-state index is 12.9. The van der Waals surface area contributed by atoms with E-state index in [-0.39, 0.29) is 22.5 Å². The minimum absolute atomic E-state index is 0.110. The van der Waals surface area contributed by atoms with Crippen LogP contribution in [0.25, 0.3) is 0 Å². The summed E-state index contributed by atoms with van der Waals surface area (Å²) in [5, 5.41) is 2.17. The molecule has 1 unspecified atom stereocenters. The second-order valence-electron chi connectivity index (χ2n) is 9.70. The molecule has 2 aromatic rings. The zero-order chi connectivity index (χ0) is 21.6. The molecule has 0 saturated carbocycles. The van der Waals surface area contributed by atoms with Crippen LogP contribution in [0.4, 0.5) is 0 Å². The van der Waals surface area contributed by atoms with E-state index in [2.05, 4.69) is 69.3 Å². The van der Waals surface area contributed by atoms with E-state index >= 15 is 0 Å². The largest absolute Gasteiger partial charge is 0.406 e. The van der Waals surface area contributed by atoms with Crippen LogP contribution in [0.5, 0.6) is 0 Å². The highest BCUT2D eigenvalue weighted by molar-refractivity contribution is 7.86. The molecule has 0 N–H and O–H groups in total. The Balaban J connectivity index is 1.72. The fourth-order valence-electron chi connectivity index (χ4n) is 4.88. The fraction of sp³-hybridized carbons (Fsp3) is 0.500. The Bertz CT molecular complexity index is 855. The molecule has 6 heteroatoms. The number of fused-ring (bicyclic) bond motifs is 1. The van der Waals surface area contributed by atoms with Crippen molar-refractivity contribution in [1.29, 1.82) is 0 Å². The summed E-state index contributed by atoms with van der Waals surface area (Å²) in [6.45, 7) is 11.0. The van der Waals surface area contributed by atoms with Gasteiger partial charge in [-0.3, -0.25) is 4.21 Å². The van der Waals surface area contributed by atoms with E-state index in [0.29, 0.717) is 12.4 Å². The van der Waals surface area contributed by atoms with Crippen molar-refractivity contribution >= 4 is 29.5 Å². The standard InChI is InChI=1S/C24H32O4SSi/c1-23(2,3)30(18-12-8-6-9-13-18,19-14-10-7-11-15-19)26-16-21-22-20(17-29(21)25)27-24(4,5)28-22/h6-15,20-22H,16-17H2,1-5H3/t20-,21+,22-,29?/m0/s1. The van der Waals surface area contributed by atoms with Crippen LogP contribution in [-0.2, 0) is 24.7 Å². The van der Waals surface area contributed by atoms with E-state index in [0.717, 1.165) is 0 Å². The van der Waals surface area contributed by atoms with Gasteiger partial charge in [0.25, 0.3) is 8.32 Å². The van der Waals surface area contributed by atoms with Gasteiger partial charge in [0.05, 0.1) is 23.7 Å². The van der Waals surface area contributed by atoms with Crippen molar-refractivity contribution in [2.75, 3.05) is 12.4 Å². The highest BCUT2D eigenvalue weighted by Crippen LogP contribution is 2.40. The van der Waals surface area contributed by atoms with Gasteiger partial charge in [-0.2, -0.15) is 0 Å². The lowest BCUT2D eigenvalue weighted by atomic mass is 10.2. The van der Waals surface area contributed by atoms with Crippen LogP contribution in [0.2, 0.25) is 5.04 Å². The number of rotatable bonds is 5. The first-order chi connectivity index (χ1) is 14.1. The van der Waals surface area contributed by atoms with E-state index in [1.54, 1.807) is 0 Å². The molecule has 2 aromatic carbocycles. The lowest BCUT2D eigenvalue weighted by Gasteiger charge is -2.43. The molecule has 0 bridgehead atoms. The molecule has 4 atom stereocenters. The molecule has 2 saturated heterocycles. The summed E-state index contributed by atoms with van der Waals surface area (Å²) in [6.07, 6.45) is -0.298. The van der Waals surface area contributed by atoms with Crippen LogP contribution in [0, 0.1) is 0 Å². The van der Waals surface area contributed by atoms with Gasteiger partial charge in [0.1, 0.15) is 6.10 Å². The molecule has 2 fully saturated rings.